The lowest BCUT2D eigenvalue weighted by atomic mass is 10.2. The van der Waals surface area contributed by atoms with Gasteiger partial charge in [-0.2, -0.15) is 0 Å². The maximum atomic E-state index is 11.4. The molecule has 2 aromatic rings. The first-order valence-corrected chi connectivity index (χ1v) is 5.62. The Hall–Kier alpha value is -2.41. The van der Waals surface area contributed by atoms with E-state index in [-0.39, 0.29) is 5.82 Å². The molecule has 1 heterocycles. The van der Waals surface area contributed by atoms with E-state index >= 15 is 0 Å². The van der Waals surface area contributed by atoms with E-state index in [9.17, 15) is 14.9 Å². The number of halogens is 1. The summed E-state index contributed by atoms with van der Waals surface area (Å²) in [7, 11) is 0. The Kier molecular flexibility index (Phi) is 3.48. The zero-order valence-electron chi connectivity index (χ0n) is 9.81. The van der Waals surface area contributed by atoms with E-state index in [1.54, 1.807) is 25.1 Å². The second kappa shape index (κ2) is 5.07. The van der Waals surface area contributed by atoms with E-state index in [2.05, 4.69) is 15.3 Å². The standard InChI is InChI=1S/C11H9ClN4O3/c1-6-2-3-7(12)4-8(6)15-10-9(16(18)19)11(17)14-5-13-10/h2-5H,1H3,(H2,13,14,15,17). The first-order chi connectivity index (χ1) is 8.99. The van der Waals surface area contributed by atoms with Crippen LogP contribution in [-0.2, 0) is 0 Å². The van der Waals surface area contributed by atoms with Gasteiger partial charge in [-0.3, -0.25) is 14.9 Å². The van der Waals surface area contributed by atoms with E-state index in [0.717, 1.165) is 11.9 Å². The number of nitrogens with zero attached hydrogens (tertiary/aromatic N) is 2. The molecular weight excluding hydrogens is 272 g/mol. The molecule has 19 heavy (non-hydrogen) atoms. The van der Waals surface area contributed by atoms with Crippen LogP contribution in [-0.4, -0.2) is 14.9 Å². The molecule has 2 N–H and O–H groups in total. The normalized spacial score (nSPS) is 10.2. The molecule has 0 amide bonds. The molecule has 0 atom stereocenters. The number of nitrogens with one attached hydrogen (secondary N) is 2. The molecular formula is C11H9ClN4O3. The fraction of sp³-hybridized carbons (Fsp3) is 0.0909. The molecule has 0 bridgehead atoms. The Bertz CT molecular complexity index is 699. The monoisotopic (exact) mass is 280 g/mol. The molecule has 0 radical (unpaired) electrons. The van der Waals surface area contributed by atoms with Crippen LogP contribution in [0.3, 0.4) is 0 Å². The molecule has 0 saturated carbocycles. The van der Waals surface area contributed by atoms with Gasteiger partial charge in [-0.25, -0.2) is 4.98 Å². The molecule has 0 saturated heterocycles. The van der Waals surface area contributed by atoms with Crippen molar-refractivity contribution in [1.82, 2.24) is 9.97 Å². The van der Waals surface area contributed by atoms with E-state index in [1.807, 2.05) is 0 Å². The van der Waals surface area contributed by atoms with Gasteiger partial charge in [0.1, 0.15) is 0 Å². The van der Waals surface area contributed by atoms with Crippen molar-refractivity contribution in [1.29, 1.82) is 0 Å². The Labute approximate surface area is 112 Å². The minimum Gasteiger partial charge on any atom is -0.334 e. The van der Waals surface area contributed by atoms with Crippen molar-refractivity contribution in [2.24, 2.45) is 0 Å². The molecule has 1 aromatic carbocycles. The number of hydrogen-bond acceptors (Lipinski definition) is 5. The Morgan fingerprint density at radius 2 is 2.21 bits per heavy atom. The second-order valence-electron chi connectivity index (χ2n) is 3.77. The lowest BCUT2D eigenvalue weighted by Gasteiger charge is -2.08. The molecule has 0 unspecified atom stereocenters. The van der Waals surface area contributed by atoms with Crippen LogP contribution < -0.4 is 10.9 Å². The highest BCUT2D eigenvalue weighted by atomic mass is 35.5. The highest BCUT2D eigenvalue weighted by Gasteiger charge is 2.20. The summed E-state index contributed by atoms with van der Waals surface area (Å²) in [4.78, 5) is 27.4. The van der Waals surface area contributed by atoms with Crippen LogP contribution in [0.15, 0.2) is 29.3 Å². The third kappa shape index (κ3) is 2.71. The smallest absolute Gasteiger partial charge is 0.334 e. The third-order valence-electron chi connectivity index (χ3n) is 2.46. The molecule has 2 rings (SSSR count). The van der Waals surface area contributed by atoms with Gasteiger partial charge in [-0.15, -0.1) is 0 Å². The fourth-order valence-corrected chi connectivity index (χ4v) is 1.68. The Balaban J connectivity index is 2.50. The third-order valence-corrected chi connectivity index (χ3v) is 2.70. The van der Waals surface area contributed by atoms with Gasteiger partial charge >= 0.3 is 11.2 Å². The van der Waals surface area contributed by atoms with Crippen molar-refractivity contribution < 1.29 is 4.92 Å². The first-order valence-electron chi connectivity index (χ1n) is 5.24. The van der Waals surface area contributed by atoms with Gasteiger partial charge < -0.3 is 10.3 Å². The van der Waals surface area contributed by atoms with Gasteiger partial charge in [0.25, 0.3) is 0 Å². The minimum atomic E-state index is -0.817. The summed E-state index contributed by atoms with van der Waals surface area (Å²) in [6.07, 6.45) is 1.09. The largest absolute Gasteiger partial charge is 0.376 e. The summed E-state index contributed by atoms with van der Waals surface area (Å²) < 4.78 is 0. The molecule has 0 fully saturated rings. The molecule has 0 aliphatic heterocycles. The van der Waals surface area contributed by atoms with Crippen LogP contribution in [0.2, 0.25) is 5.02 Å². The number of benzene rings is 1. The Morgan fingerprint density at radius 3 is 2.89 bits per heavy atom. The molecule has 0 spiro atoms. The number of rotatable bonds is 3. The van der Waals surface area contributed by atoms with Crippen LogP contribution in [0, 0.1) is 17.0 Å². The van der Waals surface area contributed by atoms with Crippen molar-refractivity contribution >= 4 is 28.8 Å². The van der Waals surface area contributed by atoms with E-state index in [4.69, 9.17) is 11.6 Å². The summed E-state index contributed by atoms with van der Waals surface area (Å²) in [5, 5.41) is 14.1. The van der Waals surface area contributed by atoms with Crippen LogP contribution >= 0.6 is 11.6 Å². The zero-order valence-corrected chi connectivity index (χ0v) is 10.6. The summed E-state index contributed by atoms with van der Waals surface area (Å²) in [6, 6.07) is 5.05. The molecule has 98 valence electrons. The molecule has 1 aromatic heterocycles. The van der Waals surface area contributed by atoms with Gasteiger partial charge in [-0.1, -0.05) is 17.7 Å². The van der Waals surface area contributed by atoms with Crippen molar-refractivity contribution in [3.05, 3.63) is 55.6 Å². The predicted octanol–water partition coefficient (Wildman–Crippen LogP) is 2.38. The molecule has 0 aliphatic rings. The molecule has 8 heteroatoms. The van der Waals surface area contributed by atoms with Crippen molar-refractivity contribution in [3.63, 3.8) is 0 Å². The number of hydrogen-bond donors (Lipinski definition) is 2. The summed E-state index contributed by atoms with van der Waals surface area (Å²) in [5.74, 6) is -0.126. The van der Waals surface area contributed by atoms with Gasteiger partial charge in [0.05, 0.1) is 11.3 Å². The average Bonchev–Trinajstić information content (AvgIpc) is 2.33. The quantitative estimate of drug-likeness (QED) is 0.664. The van der Waals surface area contributed by atoms with Crippen LogP contribution in [0.4, 0.5) is 17.2 Å². The van der Waals surface area contributed by atoms with Gasteiger partial charge in [-0.05, 0) is 24.6 Å². The van der Waals surface area contributed by atoms with Crippen molar-refractivity contribution in [2.75, 3.05) is 5.32 Å². The Morgan fingerprint density at radius 1 is 1.47 bits per heavy atom. The van der Waals surface area contributed by atoms with Crippen molar-refractivity contribution in [3.8, 4) is 0 Å². The maximum Gasteiger partial charge on any atom is 0.376 e. The van der Waals surface area contributed by atoms with E-state index < -0.39 is 16.2 Å². The number of anilines is 2. The number of aromatic amines is 1. The maximum absolute atomic E-state index is 11.4. The molecule has 7 nitrogen and oxygen atoms in total. The first kappa shape index (κ1) is 13.0. The highest BCUT2D eigenvalue weighted by Crippen LogP contribution is 2.26. The average molecular weight is 281 g/mol. The summed E-state index contributed by atoms with van der Waals surface area (Å²) in [6.45, 7) is 1.80. The van der Waals surface area contributed by atoms with Gasteiger partial charge in [0.2, 0.25) is 5.82 Å². The minimum absolute atomic E-state index is 0.126. The number of aromatic nitrogens is 2. The van der Waals surface area contributed by atoms with Crippen molar-refractivity contribution in [2.45, 2.75) is 6.92 Å². The number of nitro groups is 1. The van der Waals surface area contributed by atoms with Gasteiger partial charge in [0.15, 0.2) is 0 Å². The van der Waals surface area contributed by atoms with Crippen LogP contribution in [0.5, 0.6) is 0 Å². The lowest BCUT2D eigenvalue weighted by molar-refractivity contribution is -0.385. The number of H-pyrrole nitrogens is 1. The summed E-state index contributed by atoms with van der Waals surface area (Å²) >= 11 is 5.85. The van der Waals surface area contributed by atoms with Crippen LogP contribution in [0.1, 0.15) is 5.56 Å². The fourth-order valence-electron chi connectivity index (χ4n) is 1.51. The summed E-state index contributed by atoms with van der Waals surface area (Å²) in [5.41, 5.74) is -0.0847. The van der Waals surface area contributed by atoms with E-state index in [0.29, 0.717) is 10.7 Å². The second-order valence-corrected chi connectivity index (χ2v) is 4.21. The number of aryl methyl sites for hydroxylation is 1. The highest BCUT2D eigenvalue weighted by molar-refractivity contribution is 6.30. The van der Waals surface area contributed by atoms with Gasteiger partial charge in [0, 0.05) is 10.7 Å². The zero-order chi connectivity index (χ0) is 14.0. The van der Waals surface area contributed by atoms with E-state index in [1.165, 1.54) is 0 Å². The topological polar surface area (TPSA) is 101 Å². The van der Waals surface area contributed by atoms with Crippen LogP contribution in [0.25, 0.3) is 0 Å². The predicted molar refractivity (Wildman–Crippen MR) is 71.0 cm³/mol. The lowest BCUT2D eigenvalue weighted by Crippen LogP contribution is -2.14. The SMILES string of the molecule is Cc1ccc(Cl)cc1Nc1nc[nH]c(=O)c1[N+](=O)[O-]. The molecule has 0 aliphatic carbocycles.